The number of carbonyl (C=O) groups excluding carboxylic acids is 1. The van der Waals surface area contributed by atoms with Gasteiger partial charge in [-0.2, -0.15) is 0 Å². The normalized spacial score (nSPS) is 23.2. The highest BCUT2D eigenvalue weighted by molar-refractivity contribution is 5.87. The molecule has 86 valence electrons. The van der Waals surface area contributed by atoms with Gasteiger partial charge in [0.15, 0.2) is 0 Å². The van der Waals surface area contributed by atoms with Crippen molar-refractivity contribution in [2.24, 2.45) is 0 Å². The van der Waals surface area contributed by atoms with Crippen LogP contribution in [0.5, 0.6) is 0 Å². The topological polar surface area (TPSA) is 23.6 Å². The van der Waals surface area contributed by atoms with Gasteiger partial charge in [-0.05, 0) is 26.3 Å². The van der Waals surface area contributed by atoms with Gasteiger partial charge in [-0.15, -0.1) is 0 Å². The van der Waals surface area contributed by atoms with Crippen LogP contribution in [0.4, 0.5) is 0 Å². The molecule has 0 unspecified atom stereocenters. The van der Waals surface area contributed by atoms with Crippen LogP contribution in [0, 0.1) is 0 Å². The van der Waals surface area contributed by atoms with Gasteiger partial charge in [-0.25, -0.2) is 0 Å². The second-order valence-electron chi connectivity index (χ2n) is 4.39. The molecule has 0 bridgehead atoms. The summed E-state index contributed by atoms with van der Waals surface area (Å²) in [6.07, 6.45) is 2.44. The quantitative estimate of drug-likeness (QED) is 0.659. The summed E-state index contributed by atoms with van der Waals surface area (Å²) < 4.78 is 0. The molecule has 1 atom stereocenters. The summed E-state index contributed by atoms with van der Waals surface area (Å²) in [6, 6.07) is 0.923. The summed E-state index contributed by atoms with van der Waals surface area (Å²) >= 11 is 0. The van der Waals surface area contributed by atoms with Crippen LogP contribution >= 0.6 is 0 Å². The molecule has 1 fully saturated rings. The smallest absolute Gasteiger partial charge is 0.246 e. The molecular weight excluding hydrogens is 188 g/mol. The van der Waals surface area contributed by atoms with Crippen LogP contribution in [0.15, 0.2) is 12.7 Å². The summed E-state index contributed by atoms with van der Waals surface area (Å²) in [7, 11) is 0. The molecule has 0 aromatic heterocycles. The van der Waals surface area contributed by atoms with Crippen LogP contribution < -0.4 is 0 Å². The third-order valence-corrected chi connectivity index (χ3v) is 3.17. The van der Waals surface area contributed by atoms with E-state index in [0.29, 0.717) is 12.1 Å². The molecule has 3 nitrogen and oxygen atoms in total. The molecule has 3 heteroatoms. The van der Waals surface area contributed by atoms with Crippen LogP contribution in [0.1, 0.15) is 27.2 Å². The zero-order chi connectivity index (χ0) is 11.4. The van der Waals surface area contributed by atoms with Gasteiger partial charge in [-0.3, -0.25) is 9.69 Å². The van der Waals surface area contributed by atoms with E-state index < -0.39 is 0 Å². The Kier molecular flexibility index (Phi) is 4.33. The zero-order valence-corrected chi connectivity index (χ0v) is 10.1. The lowest BCUT2D eigenvalue weighted by molar-refractivity contribution is -0.131. The largest absolute Gasteiger partial charge is 0.334 e. The molecule has 1 heterocycles. The predicted octanol–water partition coefficient (Wildman–Crippen LogP) is 1.50. The van der Waals surface area contributed by atoms with E-state index in [-0.39, 0.29) is 5.91 Å². The van der Waals surface area contributed by atoms with E-state index in [1.165, 1.54) is 6.08 Å². The Hall–Kier alpha value is -0.830. The monoisotopic (exact) mass is 210 g/mol. The van der Waals surface area contributed by atoms with Crippen LogP contribution in [0.3, 0.4) is 0 Å². The van der Waals surface area contributed by atoms with E-state index in [1.807, 2.05) is 4.90 Å². The van der Waals surface area contributed by atoms with E-state index >= 15 is 0 Å². The molecule has 0 N–H and O–H groups in total. The van der Waals surface area contributed by atoms with E-state index in [2.05, 4.69) is 32.3 Å². The van der Waals surface area contributed by atoms with Crippen LogP contribution in [-0.2, 0) is 4.79 Å². The van der Waals surface area contributed by atoms with Gasteiger partial charge in [0.05, 0.1) is 0 Å². The second-order valence-corrected chi connectivity index (χ2v) is 4.39. The third kappa shape index (κ3) is 2.81. The molecule has 1 aliphatic heterocycles. The highest BCUT2D eigenvalue weighted by atomic mass is 16.2. The zero-order valence-electron chi connectivity index (χ0n) is 10.1. The maximum Gasteiger partial charge on any atom is 0.246 e. The first-order chi connectivity index (χ1) is 7.10. The maximum atomic E-state index is 11.6. The van der Waals surface area contributed by atoms with Gasteiger partial charge in [-0.1, -0.05) is 13.5 Å². The molecule has 15 heavy (non-hydrogen) atoms. The Morgan fingerprint density at radius 1 is 1.53 bits per heavy atom. The summed E-state index contributed by atoms with van der Waals surface area (Å²) in [5, 5.41) is 0. The molecular formula is C12H22N2O. The van der Waals surface area contributed by atoms with E-state index in [1.54, 1.807) is 0 Å². The van der Waals surface area contributed by atoms with Crippen molar-refractivity contribution in [3.63, 3.8) is 0 Å². The third-order valence-electron chi connectivity index (χ3n) is 3.17. The Morgan fingerprint density at radius 2 is 2.20 bits per heavy atom. The summed E-state index contributed by atoms with van der Waals surface area (Å²) in [6.45, 7) is 12.9. The highest BCUT2D eigenvalue weighted by Gasteiger charge is 2.28. The fourth-order valence-corrected chi connectivity index (χ4v) is 2.11. The second kappa shape index (κ2) is 5.31. The SMILES string of the molecule is C=CC(=O)N1CCN(C(C)C)C[C@@H]1CC. The molecule has 0 aromatic rings. The Morgan fingerprint density at radius 3 is 2.67 bits per heavy atom. The average molecular weight is 210 g/mol. The van der Waals surface area contributed by atoms with Crippen molar-refractivity contribution in [3.8, 4) is 0 Å². The van der Waals surface area contributed by atoms with E-state index in [0.717, 1.165) is 26.1 Å². The number of amides is 1. The van der Waals surface area contributed by atoms with Crippen molar-refractivity contribution < 1.29 is 4.79 Å². The maximum absolute atomic E-state index is 11.6. The average Bonchev–Trinajstić information content (AvgIpc) is 2.27. The molecule has 0 aliphatic carbocycles. The lowest BCUT2D eigenvalue weighted by Gasteiger charge is -2.42. The van der Waals surface area contributed by atoms with Gasteiger partial charge in [0.1, 0.15) is 0 Å². The predicted molar refractivity (Wildman–Crippen MR) is 62.7 cm³/mol. The standard InChI is InChI=1S/C12H22N2O/c1-5-11-9-13(10(3)4)7-8-14(11)12(15)6-2/h6,10-11H,2,5,7-9H2,1,3-4H3/t11-/m0/s1. The summed E-state index contributed by atoms with van der Waals surface area (Å²) in [4.78, 5) is 16.0. The molecule has 0 spiro atoms. The van der Waals surface area contributed by atoms with Crippen molar-refractivity contribution in [1.82, 2.24) is 9.80 Å². The number of piperazine rings is 1. The molecule has 1 saturated heterocycles. The fraction of sp³-hybridized carbons (Fsp3) is 0.750. The molecule has 0 saturated carbocycles. The van der Waals surface area contributed by atoms with Crippen LogP contribution in [0.2, 0.25) is 0 Å². The van der Waals surface area contributed by atoms with Gasteiger partial charge in [0.25, 0.3) is 0 Å². The first-order valence-electron chi connectivity index (χ1n) is 5.77. The van der Waals surface area contributed by atoms with Gasteiger partial charge in [0, 0.05) is 31.7 Å². The van der Waals surface area contributed by atoms with Crippen molar-refractivity contribution in [3.05, 3.63) is 12.7 Å². The van der Waals surface area contributed by atoms with Gasteiger partial charge >= 0.3 is 0 Å². The molecule has 1 amide bonds. The van der Waals surface area contributed by atoms with Crippen molar-refractivity contribution >= 4 is 5.91 Å². The summed E-state index contributed by atoms with van der Waals surface area (Å²) in [5.41, 5.74) is 0. The van der Waals surface area contributed by atoms with Gasteiger partial charge < -0.3 is 4.90 Å². The van der Waals surface area contributed by atoms with Crippen molar-refractivity contribution in [2.75, 3.05) is 19.6 Å². The Bertz CT molecular complexity index is 238. The van der Waals surface area contributed by atoms with E-state index in [4.69, 9.17) is 0 Å². The Balaban J connectivity index is 2.64. The minimum Gasteiger partial charge on any atom is -0.334 e. The number of rotatable bonds is 3. The Labute approximate surface area is 92.7 Å². The fourth-order valence-electron chi connectivity index (χ4n) is 2.11. The first kappa shape index (κ1) is 12.2. The number of carbonyl (C=O) groups is 1. The van der Waals surface area contributed by atoms with E-state index in [9.17, 15) is 4.79 Å². The highest BCUT2D eigenvalue weighted by Crippen LogP contribution is 2.15. The lowest BCUT2D eigenvalue weighted by Crippen LogP contribution is -2.56. The number of nitrogens with zero attached hydrogens (tertiary/aromatic N) is 2. The van der Waals surface area contributed by atoms with Crippen molar-refractivity contribution in [1.29, 1.82) is 0 Å². The molecule has 1 rings (SSSR count). The molecule has 0 radical (unpaired) electrons. The molecule has 0 aromatic carbocycles. The minimum absolute atomic E-state index is 0.0743. The van der Waals surface area contributed by atoms with Gasteiger partial charge in [0.2, 0.25) is 5.91 Å². The number of hydrogen-bond donors (Lipinski definition) is 0. The number of hydrogen-bond acceptors (Lipinski definition) is 2. The molecule has 1 aliphatic rings. The first-order valence-corrected chi connectivity index (χ1v) is 5.77. The van der Waals surface area contributed by atoms with Crippen molar-refractivity contribution in [2.45, 2.75) is 39.3 Å². The van der Waals surface area contributed by atoms with Crippen LogP contribution in [-0.4, -0.2) is 47.4 Å². The lowest BCUT2D eigenvalue weighted by atomic mass is 10.1. The van der Waals surface area contributed by atoms with Crippen LogP contribution in [0.25, 0.3) is 0 Å². The minimum atomic E-state index is 0.0743. The summed E-state index contributed by atoms with van der Waals surface area (Å²) in [5.74, 6) is 0.0743.